The predicted molar refractivity (Wildman–Crippen MR) is 59.8 cm³/mol. The van der Waals surface area contributed by atoms with E-state index in [1.54, 1.807) is 0 Å². The molecule has 0 saturated carbocycles. The lowest BCUT2D eigenvalue weighted by atomic mass is 9.93. The summed E-state index contributed by atoms with van der Waals surface area (Å²) in [4.78, 5) is 0. The molecule has 0 aliphatic rings. The van der Waals surface area contributed by atoms with Crippen LogP contribution in [0.5, 0.6) is 0 Å². The van der Waals surface area contributed by atoms with Gasteiger partial charge in [-0.05, 0) is 11.6 Å². The van der Waals surface area contributed by atoms with Crippen LogP contribution in [0.2, 0.25) is 0 Å². The maximum atomic E-state index is 13.1. The second kappa shape index (κ2) is 6.39. The number of hydrogen-bond acceptors (Lipinski definition) is 2. The fourth-order valence-corrected chi connectivity index (χ4v) is 2.06. The molecule has 0 aromatic heterocycles. The summed E-state index contributed by atoms with van der Waals surface area (Å²) in [7, 11) is -0.665. The first-order chi connectivity index (χ1) is 10.5. The highest BCUT2D eigenvalue weighted by Crippen LogP contribution is 2.61. The molecule has 2 nitrogen and oxygen atoms in total. The normalized spacial score (nSPS) is 16.2. The van der Waals surface area contributed by atoms with Gasteiger partial charge in [0.05, 0.1) is 5.75 Å². The van der Waals surface area contributed by atoms with Crippen molar-refractivity contribution in [1.82, 2.24) is 0 Å². The van der Waals surface area contributed by atoms with Crippen molar-refractivity contribution in [2.75, 3.05) is 5.75 Å². The number of rotatable bonds is 8. The van der Waals surface area contributed by atoms with Gasteiger partial charge in [-0.2, -0.15) is 52.7 Å². The van der Waals surface area contributed by atoms with Gasteiger partial charge in [-0.1, -0.05) is 0 Å². The van der Waals surface area contributed by atoms with Crippen molar-refractivity contribution in [3.63, 3.8) is 0 Å². The summed E-state index contributed by atoms with van der Waals surface area (Å²) in [6, 6.07) is 0. The molecule has 0 atom stereocenters. The summed E-state index contributed by atoms with van der Waals surface area (Å²) in [5, 5.41) is -6.52. The summed E-state index contributed by atoms with van der Waals surface area (Å²) in [6.07, 6.45) is -2.81. The van der Waals surface area contributed by atoms with Crippen molar-refractivity contribution >= 4 is 31.3 Å². The van der Waals surface area contributed by atoms with Crippen molar-refractivity contribution in [2.24, 2.45) is 0 Å². The Morgan fingerprint density at radius 2 is 0.960 bits per heavy atom. The Morgan fingerprint density at radius 3 is 1.24 bits per heavy atom. The number of alkyl halides is 13. The van der Waals surface area contributed by atoms with Crippen LogP contribution in [0.3, 0.4) is 0 Å². The molecule has 0 heterocycles. The predicted octanol–water partition coefficient (Wildman–Crippen LogP) is 4.95. The molecule has 0 fully saturated rings. The highest BCUT2D eigenvalue weighted by Gasteiger charge is 2.89. The van der Waals surface area contributed by atoms with E-state index in [1.807, 2.05) is 0 Å². The molecule has 0 aromatic carbocycles. The van der Waals surface area contributed by atoms with Gasteiger partial charge in [0, 0.05) is 17.1 Å². The molecular formula is C8H4Cl2F12O2S. The van der Waals surface area contributed by atoms with Crippen LogP contribution in [0.1, 0.15) is 6.42 Å². The van der Waals surface area contributed by atoms with Crippen molar-refractivity contribution < 1.29 is 61.1 Å². The Labute approximate surface area is 140 Å². The molecule has 0 aliphatic carbocycles. The van der Waals surface area contributed by atoms with Crippen molar-refractivity contribution in [1.29, 1.82) is 0 Å². The molecule has 25 heavy (non-hydrogen) atoms. The zero-order chi connectivity index (χ0) is 20.9. The number of halogens is 14. The highest BCUT2D eigenvalue weighted by molar-refractivity contribution is 8.13. The van der Waals surface area contributed by atoms with Crippen LogP contribution in [0.15, 0.2) is 0 Å². The third-order valence-corrected chi connectivity index (χ3v) is 4.05. The Bertz CT molecular complexity index is 597. The van der Waals surface area contributed by atoms with Crippen LogP contribution in [0, 0.1) is 0 Å². The molecule has 0 saturated heterocycles. The van der Waals surface area contributed by atoms with Gasteiger partial charge in [-0.3, -0.25) is 0 Å². The van der Waals surface area contributed by atoms with Crippen LogP contribution >= 0.6 is 22.3 Å². The maximum absolute atomic E-state index is 13.1. The van der Waals surface area contributed by atoms with E-state index in [0.717, 1.165) is 0 Å². The van der Waals surface area contributed by atoms with Gasteiger partial charge in [0.15, 0.2) is 0 Å². The van der Waals surface area contributed by atoms with Crippen molar-refractivity contribution in [2.45, 2.75) is 41.4 Å². The van der Waals surface area contributed by atoms with E-state index < -0.39 is 56.2 Å². The molecule has 0 radical (unpaired) electrons. The van der Waals surface area contributed by atoms with Gasteiger partial charge in [-0.15, -0.1) is 0 Å². The molecule has 0 unspecified atom stereocenters. The van der Waals surface area contributed by atoms with E-state index >= 15 is 0 Å². The van der Waals surface area contributed by atoms with E-state index in [1.165, 1.54) is 0 Å². The molecule has 0 bridgehead atoms. The lowest BCUT2D eigenvalue weighted by molar-refractivity contribution is -0.416. The zero-order valence-corrected chi connectivity index (χ0v) is 13.3. The van der Waals surface area contributed by atoms with E-state index in [0.29, 0.717) is 0 Å². The van der Waals surface area contributed by atoms with Crippen molar-refractivity contribution in [3.8, 4) is 0 Å². The maximum Gasteiger partial charge on any atom is 0.393 e. The standard InChI is InChI=1S/C8H4Cl2F12O2S/c9-8(21,22)7(19,20)6(17,18)5(15,16)4(13,14)3(11,12)1-2-25(10,23)24/h1-2H2. The van der Waals surface area contributed by atoms with Gasteiger partial charge < -0.3 is 0 Å². The van der Waals surface area contributed by atoms with Crippen LogP contribution in [-0.2, 0) is 9.05 Å². The molecule has 0 amide bonds. The first-order valence-electron chi connectivity index (χ1n) is 5.34. The third kappa shape index (κ3) is 4.17. The second-order valence-electron chi connectivity index (χ2n) is 4.49. The third-order valence-electron chi connectivity index (χ3n) is 2.66. The summed E-state index contributed by atoms with van der Waals surface area (Å²) in [6.45, 7) is 0. The topological polar surface area (TPSA) is 34.1 Å². The molecule has 152 valence electrons. The van der Waals surface area contributed by atoms with Gasteiger partial charge in [0.1, 0.15) is 0 Å². The van der Waals surface area contributed by atoms with Crippen LogP contribution in [0.25, 0.3) is 0 Å². The van der Waals surface area contributed by atoms with Crippen LogP contribution in [-0.4, -0.2) is 49.2 Å². The molecular weight excluding hydrogens is 459 g/mol. The quantitative estimate of drug-likeness (QED) is 0.290. The first-order valence-corrected chi connectivity index (χ1v) is 8.19. The van der Waals surface area contributed by atoms with E-state index in [9.17, 15) is 61.1 Å². The lowest BCUT2D eigenvalue weighted by Crippen LogP contribution is -2.70. The average molecular weight is 463 g/mol. The molecule has 0 aliphatic heterocycles. The summed E-state index contributed by atoms with van der Waals surface area (Å²) < 4.78 is 175. The van der Waals surface area contributed by atoms with Gasteiger partial charge in [0.25, 0.3) is 0 Å². The Kier molecular flexibility index (Phi) is 6.31. The van der Waals surface area contributed by atoms with Gasteiger partial charge in [0.2, 0.25) is 9.05 Å². The Morgan fingerprint density at radius 1 is 0.640 bits per heavy atom. The molecule has 0 rings (SSSR count). The van der Waals surface area contributed by atoms with Gasteiger partial charge in [-0.25, -0.2) is 8.42 Å². The van der Waals surface area contributed by atoms with Crippen LogP contribution < -0.4 is 0 Å². The number of hydrogen-bond donors (Lipinski definition) is 0. The SMILES string of the molecule is O=S(=O)(Cl)CCC(F)(F)C(F)(F)C(F)(F)C(F)(F)C(F)(F)C(F)(F)Cl. The second-order valence-corrected chi connectivity index (χ2v) is 7.86. The minimum atomic E-state index is -7.78. The fraction of sp³-hybridized carbons (Fsp3) is 1.00. The summed E-state index contributed by atoms with van der Waals surface area (Å²) >= 11 is 3.47. The Balaban J connectivity index is 6.11. The molecule has 17 heteroatoms. The largest absolute Gasteiger partial charge is 0.393 e. The monoisotopic (exact) mass is 462 g/mol. The lowest BCUT2D eigenvalue weighted by Gasteiger charge is -2.40. The minimum Gasteiger partial charge on any atom is -0.212 e. The first kappa shape index (κ1) is 24.7. The van der Waals surface area contributed by atoms with Gasteiger partial charge >= 0.3 is 35.0 Å². The summed E-state index contributed by atoms with van der Waals surface area (Å²) in [5.41, 5.74) is 0. The van der Waals surface area contributed by atoms with Crippen molar-refractivity contribution in [3.05, 3.63) is 0 Å². The molecule has 0 N–H and O–H groups in total. The van der Waals surface area contributed by atoms with E-state index in [4.69, 9.17) is 0 Å². The average Bonchev–Trinajstić information content (AvgIpc) is 2.33. The minimum absolute atomic E-state index is 2.15. The zero-order valence-electron chi connectivity index (χ0n) is 10.9. The molecule has 0 spiro atoms. The van der Waals surface area contributed by atoms with E-state index in [2.05, 4.69) is 22.3 Å². The van der Waals surface area contributed by atoms with E-state index in [-0.39, 0.29) is 0 Å². The van der Waals surface area contributed by atoms with Crippen LogP contribution in [0.4, 0.5) is 52.7 Å². The summed E-state index contributed by atoms with van der Waals surface area (Å²) in [5.74, 6) is -38.8. The molecule has 0 aromatic rings. The highest BCUT2D eigenvalue weighted by atomic mass is 35.7. The Hall–Kier alpha value is -0.310. The smallest absolute Gasteiger partial charge is 0.212 e. The fourth-order valence-electron chi connectivity index (χ4n) is 1.21.